The second kappa shape index (κ2) is 27.5. The molecule has 3 aliphatic rings. The Hall–Kier alpha value is -3.93. The number of likely N-dealkylation sites (N-methyl/N-ethyl adjacent to an activating group) is 1. The fraction of sp³-hybridized carbons (Fsp3) is 0.772. The molecule has 5 rings (SSSR count). The zero-order valence-electron chi connectivity index (χ0n) is 48.0. The Bertz CT molecular complexity index is 2360. The van der Waals surface area contributed by atoms with Crippen LogP contribution in [0.1, 0.15) is 143 Å². The number of benzene rings is 1. The first-order valence-corrected chi connectivity index (χ1v) is 27.5. The highest BCUT2D eigenvalue weighted by Crippen LogP contribution is 2.41. The fourth-order valence-corrected chi connectivity index (χ4v) is 11.4. The van der Waals surface area contributed by atoms with E-state index in [9.17, 15) is 44.4 Å². The number of hydrogen-bond acceptors (Lipinski definition) is 18. The van der Waals surface area contributed by atoms with E-state index in [1.54, 1.807) is 38.3 Å². The number of hydrogen-bond donors (Lipinski definition) is 4. The molecule has 20 heteroatoms. The van der Waals surface area contributed by atoms with Crippen molar-refractivity contribution in [1.82, 2.24) is 9.47 Å². The molecule has 1 aromatic carbocycles. The standard InChI is InChI=1S/C57H90N2O18/c1-15-59-31-40(53(66)67)48(63)39-27-38(22-23-41(39)59)20-19-25-71-24-18-16-17-21-44(60)76-52-36(6)73-46(30-56(52,9)70-14)75-43-28-45(61)74-37(7)57(10,68)50(65)35(5)47(62)32(2)29-55(8,69-13)51(34(43)4)77-54-49(64)42(58(11)12)26-33(3)72-54/h22-23,27,31-37,42-43,46,49-52,54,64-65,68H,15-21,24-26,28-30H2,1-14H3,(H,66,67)/t32-,33-,34+,35+,36+,37-,42+,43-,46+,49-,50-,51-,52+,54+,55-,56-,57-/m1/s1. The maximum atomic E-state index is 14.1. The monoisotopic (exact) mass is 1090 g/mol. The highest BCUT2D eigenvalue weighted by Gasteiger charge is 2.53. The number of rotatable bonds is 20. The Morgan fingerprint density at radius 2 is 1.53 bits per heavy atom. The first-order chi connectivity index (χ1) is 36.1. The number of ketones is 1. The number of ether oxygens (including phenoxy) is 9. The predicted octanol–water partition coefficient (Wildman–Crippen LogP) is 5.60. The molecule has 0 saturated carbocycles. The molecule has 77 heavy (non-hydrogen) atoms. The molecule has 1 aromatic heterocycles. The average Bonchev–Trinajstić information content (AvgIpc) is 3.38. The third kappa shape index (κ3) is 15.5. The molecule has 20 nitrogen and oxygen atoms in total. The number of carboxylic acid groups (broad SMARTS) is 1. The minimum atomic E-state index is -2.02. The summed E-state index contributed by atoms with van der Waals surface area (Å²) in [5, 5.41) is 44.6. The van der Waals surface area contributed by atoms with Gasteiger partial charge in [-0.25, -0.2) is 4.79 Å². The summed E-state index contributed by atoms with van der Waals surface area (Å²) in [5.74, 6) is -5.38. The van der Waals surface area contributed by atoms with E-state index in [0.29, 0.717) is 62.8 Å². The number of carbonyl (C=O) groups is 4. The van der Waals surface area contributed by atoms with Crippen LogP contribution in [0.4, 0.5) is 0 Å². The molecule has 17 atom stereocenters. The lowest BCUT2D eigenvalue weighted by Crippen LogP contribution is -2.61. The largest absolute Gasteiger partial charge is 0.477 e. The van der Waals surface area contributed by atoms with Crippen LogP contribution in [0.15, 0.2) is 29.2 Å². The molecule has 0 radical (unpaired) electrons. The maximum absolute atomic E-state index is 14.1. The first kappa shape index (κ1) is 63.9. The van der Waals surface area contributed by atoms with E-state index >= 15 is 0 Å². The quantitative estimate of drug-likeness (QED) is 0.0930. The van der Waals surface area contributed by atoms with Crippen molar-refractivity contribution < 1.29 is 82.2 Å². The van der Waals surface area contributed by atoms with Crippen LogP contribution in [0, 0.1) is 17.8 Å². The lowest BCUT2D eigenvalue weighted by Gasteiger charge is -2.49. The summed E-state index contributed by atoms with van der Waals surface area (Å²) < 4.78 is 58.3. The molecule has 0 bridgehead atoms. The van der Waals surface area contributed by atoms with Gasteiger partial charge in [0.1, 0.15) is 34.8 Å². The van der Waals surface area contributed by atoms with Gasteiger partial charge in [0.2, 0.25) is 5.43 Å². The highest BCUT2D eigenvalue weighted by molar-refractivity contribution is 5.92. The zero-order valence-corrected chi connectivity index (χ0v) is 48.0. The van der Waals surface area contributed by atoms with E-state index in [4.69, 9.17) is 42.6 Å². The summed E-state index contributed by atoms with van der Waals surface area (Å²) in [7, 11) is 6.73. The molecule has 4 heterocycles. The van der Waals surface area contributed by atoms with Gasteiger partial charge in [0.05, 0.1) is 48.1 Å². The molecule has 4 N–H and O–H groups in total. The number of pyridine rings is 1. The van der Waals surface area contributed by atoms with Gasteiger partial charge in [-0.1, -0.05) is 33.3 Å². The Morgan fingerprint density at radius 3 is 2.17 bits per heavy atom. The minimum absolute atomic E-state index is 0.0622. The zero-order chi connectivity index (χ0) is 57.3. The van der Waals surface area contributed by atoms with E-state index in [-0.39, 0.29) is 49.2 Å². The second-order valence-electron chi connectivity index (χ2n) is 22.7. The molecule has 3 saturated heterocycles. The van der Waals surface area contributed by atoms with E-state index in [2.05, 4.69) is 0 Å². The molecule has 0 spiro atoms. The predicted molar refractivity (Wildman–Crippen MR) is 284 cm³/mol. The van der Waals surface area contributed by atoms with Crippen molar-refractivity contribution in [2.45, 2.75) is 224 Å². The summed E-state index contributed by atoms with van der Waals surface area (Å²) in [4.78, 5) is 68.0. The molecular formula is C57H90N2O18. The molecule has 0 amide bonds. The van der Waals surface area contributed by atoms with Gasteiger partial charge in [0.15, 0.2) is 18.7 Å². The molecule has 0 aliphatic carbocycles. The molecule has 3 aliphatic heterocycles. The summed E-state index contributed by atoms with van der Waals surface area (Å²) in [6, 6.07) is 5.23. The number of unbranched alkanes of at least 4 members (excludes halogenated alkanes) is 2. The number of cyclic esters (lactones) is 1. The van der Waals surface area contributed by atoms with Crippen molar-refractivity contribution in [3.05, 3.63) is 45.7 Å². The summed E-state index contributed by atoms with van der Waals surface area (Å²) in [6.45, 7) is 18.5. The van der Waals surface area contributed by atoms with Gasteiger partial charge in [0.25, 0.3) is 0 Å². The smallest absolute Gasteiger partial charge is 0.341 e. The lowest BCUT2D eigenvalue weighted by atomic mass is 9.75. The Balaban J connectivity index is 1.24. The van der Waals surface area contributed by atoms with Gasteiger partial charge < -0.3 is 72.5 Å². The Labute approximate surface area is 454 Å². The lowest BCUT2D eigenvalue weighted by molar-refractivity contribution is -0.317. The Morgan fingerprint density at radius 1 is 0.870 bits per heavy atom. The number of aryl methyl sites for hydroxylation is 2. The molecule has 0 unspecified atom stereocenters. The van der Waals surface area contributed by atoms with E-state index in [1.807, 2.05) is 51.9 Å². The van der Waals surface area contributed by atoms with Crippen molar-refractivity contribution in [2.24, 2.45) is 17.8 Å². The normalized spacial score (nSPS) is 35.9. The number of aromatic carboxylic acids is 1. The number of nitrogens with zero attached hydrogens (tertiary/aromatic N) is 2. The van der Waals surface area contributed by atoms with Gasteiger partial charge in [0, 0.05) is 82.2 Å². The van der Waals surface area contributed by atoms with Crippen LogP contribution in [-0.4, -0.2) is 179 Å². The number of fused-ring (bicyclic) bond motifs is 1. The number of aromatic nitrogens is 1. The van der Waals surface area contributed by atoms with Gasteiger partial charge in [-0.3, -0.25) is 19.2 Å². The Kier molecular flexibility index (Phi) is 22.8. The third-order valence-corrected chi connectivity index (χ3v) is 16.6. The summed E-state index contributed by atoms with van der Waals surface area (Å²) in [6.07, 6.45) is -4.97. The van der Waals surface area contributed by atoms with Gasteiger partial charge in [-0.2, -0.15) is 0 Å². The van der Waals surface area contributed by atoms with Crippen molar-refractivity contribution in [3.63, 3.8) is 0 Å². The topological polar surface area (TPSA) is 258 Å². The highest BCUT2D eigenvalue weighted by atomic mass is 16.7. The number of carboxylic acids is 1. The van der Waals surface area contributed by atoms with Crippen molar-refractivity contribution >= 4 is 34.6 Å². The van der Waals surface area contributed by atoms with Crippen LogP contribution < -0.4 is 5.43 Å². The number of esters is 2. The first-order valence-electron chi connectivity index (χ1n) is 27.5. The van der Waals surface area contributed by atoms with E-state index < -0.39 is 113 Å². The van der Waals surface area contributed by atoms with Crippen molar-refractivity contribution in [1.29, 1.82) is 0 Å². The van der Waals surface area contributed by atoms with Gasteiger partial charge in [-0.15, -0.1) is 0 Å². The summed E-state index contributed by atoms with van der Waals surface area (Å²) >= 11 is 0. The van der Waals surface area contributed by atoms with E-state index in [0.717, 1.165) is 12.0 Å². The summed E-state index contributed by atoms with van der Waals surface area (Å²) in [5.41, 5.74) is -3.59. The van der Waals surface area contributed by atoms with Gasteiger partial charge >= 0.3 is 17.9 Å². The number of Topliss-reactive ketones (excluding diaryl/α,β-unsaturated/α-hetero) is 1. The van der Waals surface area contributed by atoms with Crippen LogP contribution in [0.25, 0.3) is 10.9 Å². The average molecular weight is 1090 g/mol. The molecular weight excluding hydrogens is 1000 g/mol. The minimum Gasteiger partial charge on any atom is -0.477 e. The molecule has 2 aromatic rings. The van der Waals surface area contributed by atoms with E-state index in [1.165, 1.54) is 41.2 Å². The number of carbonyl (C=O) groups excluding carboxylic acids is 3. The second-order valence-corrected chi connectivity index (χ2v) is 22.7. The van der Waals surface area contributed by atoms with Crippen molar-refractivity contribution in [3.8, 4) is 0 Å². The third-order valence-electron chi connectivity index (χ3n) is 16.6. The number of aliphatic hydroxyl groups excluding tert-OH is 2. The molecule has 3 fully saturated rings. The van der Waals surface area contributed by atoms with Gasteiger partial charge in [-0.05, 0) is 119 Å². The SMILES string of the molecule is CCn1cc(C(=O)O)c(=O)c2cc(CCCOCCCCCC(=O)O[C@H]3[C@H](C)O[C@@H](O[C@@H]4CC(=O)O[C@H](C)[C@@](C)(O)[C@H](O)[C@@H](C)C(=O)[C@H](C)C[C@@](C)(OC)[C@H](O[C@@H]5O[C@H](C)C[C@H](N(C)C)[C@H]5O)[C@H]4C)C[C@@]3(C)OC)ccc21. The van der Waals surface area contributed by atoms with Crippen LogP contribution in [0.3, 0.4) is 0 Å². The molecule has 436 valence electrons. The van der Waals surface area contributed by atoms with Crippen molar-refractivity contribution in [2.75, 3.05) is 41.5 Å². The number of aliphatic hydroxyl groups is 3. The number of methoxy groups -OCH3 is 2. The van der Waals surface area contributed by atoms with Crippen LogP contribution in [-0.2, 0) is 70.0 Å². The van der Waals surface area contributed by atoms with Crippen LogP contribution in [0.5, 0.6) is 0 Å². The fourth-order valence-electron chi connectivity index (χ4n) is 11.4. The van der Waals surface area contributed by atoms with Crippen LogP contribution in [0.2, 0.25) is 0 Å². The van der Waals surface area contributed by atoms with Crippen LogP contribution >= 0.6 is 0 Å². The maximum Gasteiger partial charge on any atom is 0.341 e.